The van der Waals surface area contributed by atoms with Gasteiger partial charge in [0.25, 0.3) is 0 Å². The molecule has 0 amide bonds. The zero-order chi connectivity index (χ0) is 11.6. The third kappa shape index (κ3) is 2.25. The van der Waals surface area contributed by atoms with Crippen molar-refractivity contribution >= 4 is 0 Å². The van der Waals surface area contributed by atoms with E-state index in [1.807, 2.05) is 0 Å². The molecule has 0 aliphatic carbocycles. The first-order valence-corrected chi connectivity index (χ1v) is 6.30. The third-order valence-corrected chi connectivity index (χ3v) is 4.17. The molecule has 3 atom stereocenters. The highest BCUT2D eigenvalue weighted by atomic mass is 16.5. The Morgan fingerprint density at radius 3 is 2.94 bits per heavy atom. The zero-order valence-corrected chi connectivity index (χ0v) is 10.4. The lowest BCUT2D eigenvalue weighted by molar-refractivity contribution is -0.0603. The number of likely N-dealkylation sites (tertiary alicyclic amines) is 1. The quantitative estimate of drug-likeness (QED) is 0.768. The van der Waals surface area contributed by atoms with Crippen LogP contribution in [-0.2, 0) is 9.47 Å². The first-order valence-electron chi connectivity index (χ1n) is 6.30. The molecule has 0 saturated carbocycles. The molecule has 2 aliphatic heterocycles. The summed E-state index contributed by atoms with van der Waals surface area (Å²) in [5.74, 6) is 0. The van der Waals surface area contributed by atoms with E-state index in [9.17, 15) is 0 Å². The van der Waals surface area contributed by atoms with E-state index in [0.717, 1.165) is 45.5 Å². The number of ether oxygens (including phenoxy) is 2. The minimum absolute atomic E-state index is 0.158. The molecule has 0 radical (unpaired) electrons. The summed E-state index contributed by atoms with van der Waals surface area (Å²) in [6.07, 6.45) is 3.97. The van der Waals surface area contributed by atoms with Gasteiger partial charge in [0.2, 0.25) is 0 Å². The number of hydrogen-bond acceptors (Lipinski definition) is 4. The first kappa shape index (κ1) is 12.3. The molecule has 0 aromatic rings. The van der Waals surface area contributed by atoms with Gasteiger partial charge in [0, 0.05) is 38.9 Å². The van der Waals surface area contributed by atoms with Gasteiger partial charge in [-0.1, -0.05) is 0 Å². The Kier molecular flexibility index (Phi) is 3.85. The molecule has 3 unspecified atom stereocenters. The van der Waals surface area contributed by atoms with Gasteiger partial charge in [-0.05, 0) is 26.2 Å². The second kappa shape index (κ2) is 5.00. The van der Waals surface area contributed by atoms with Gasteiger partial charge in [-0.15, -0.1) is 0 Å². The predicted molar refractivity (Wildman–Crippen MR) is 63.4 cm³/mol. The van der Waals surface area contributed by atoms with Gasteiger partial charge in [0.05, 0.1) is 12.2 Å². The monoisotopic (exact) mass is 228 g/mol. The van der Waals surface area contributed by atoms with Crippen LogP contribution >= 0.6 is 0 Å². The Labute approximate surface area is 98.1 Å². The molecule has 4 nitrogen and oxygen atoms in total. The number of methoxy groups -OCH3 is 1. The fourth-order valence-corrected chi connectivity index (χ4v) is 3.10. The smallest absolute Gasteiger partial charge is 0.0710 e. The largest absolute Gasteiger partial charge is 0.380 e. The molecule has 2 N–H and O–H groups in total. The van der Waals surface area contributed by atoms with Crippen LogP contribution in [0.3, 0.4) is 0 Å². The topological polar surface area (TPSA) is 47.7 Å². The number of nitrogens with zero attached hydrogens (tertiary/aromatic N) is 1. The van der Waals surface area contributed by atoms with E-state index in [2.05, 4.69) is 11.8 Å². The fourth-order valence-electron chi connectivity index (χ4n) is 3.10. The van der Waals surface area contributed by atoms with Crippen molar-refractivity contribution in [3.63, 3.8) is 0 Å². The maximum absolute atomic E-state index is 6.03. The standard InChI is InChI=1S/C12H24N2O2/c1-10-7-12(9-13,4-6-16-10)14-5-3-11(8-14)15-2/h10-11H,3-9,13H2,1-2H3. The minimum atomic E-state index is 0.158. The van der Waals surface area contributed by atoms with Crippen LogP contribution < -0.4 is 5.73 Å². The molecular formula is C12H24N2O2. The first-order chi connectivity index (χ1) is 7.70. The Balaban J connectivity index is 2.03. The summed E-state index contributed by atoms with van der Waals surface area (Å²) in [4.78, 5) is 2.53. The molecule has 2 saturated heterocycles. The summed E-state index contributed by atoms with van der Waals surface area (Å²) in [5, 5.41) is 0. The summed E-state index contributed by atoms with van der Waals surface area (Å²) in [6, 6.07) is 0. The summed E-state index contributed by atoms with van der Waals surface area (Å²) >= 11 is 0. The maximum atomic E-state index is 6.03. The Hall–Kier alpha value is -0.160. The zero-order valence-electron chi connectivity index (χ0n) is 10.4. The molecule has 94 valence electrons. The van der Waals surface area contributed by atoms with Crippen molar-refractivity contribution in [2.75, 3.05) is 33.4 Å². The molecule has 0 aromatic heterocycles. The van der Waals surface area contributed by atoms with Crippen molar-refractivity contribution in [1.82, 2.24) is 4.90 Å². The number of nitrogens with two attached hydrogens (primary N) is 1. The summed E-state index contributed by atoms with van der Waals surface area (Å²) in [6.45, 7) is 5.86. The highest BCUT2D eigenvalue weighted by Gasteiger charge is 2.42. The Morgan fingerprint density at radius 1 is 1.56 bits per heavy atom. The number of rotatable bonds is 3. The van der Waals surface area contributed by atoms with Crippen molar-refractivity contribution in [1.29, 1.82) is 0 Å². The molecule has 0 spiro atoms. The van der Waals surface area contributed by atoms with E-state index in [0.29, 0.717) is 12.2 Å². The number of hydrogen-bond donors (Lipinski definition) is 1. The van der Waals surface area contributed by atoms with Gasteiger partial charge in [0.15, 0.2) is 0 Å². The molecule has 4 heteroatoms. The van der Waals surface area contributed by atoms with Crippen molar-refractivity contribution in [3.05, 3.63) is 0 Å². The normalized spacial score (nSPS) is 41.4. The van der Waals surface area contributed by atoms with Crippen molar-refractivity contribution in [3.8, 4) is 0 Å². The predicted octanol–water partition coefficient (Wildman–Crippen LogP) is 0.603. The molecule has 0 aromatic carbocycles. The van der Waals surface area contributed by atoms with E-state index < -0.39 is 0 Å². The van der Waals surface area contributed by atoms with E-state index in [-0.39, 0.29) is 5.54 Å². The lowest BCUT2D eigenvalue weighted by atomic mass is 9.85. The van der Waals surface area contributed by atoms with Crippen LogP contribution in [0.1, 0.15) is 26.2 Å². The summed E-state index contributed by atoms with van der Waals surface area (Å²) in [5.41, 5.74) is 6.19. The van der Waals surface area contributed by atoms with Crippen molar-refractivity contribution in [2.45, 2.75) is 43.9 Å². The summed E-state index contributed by atoms with van der Waals surface area (Å²) in [7, 11) is 1.80. The SMILES string of the molecule is COC1CCN(C2(CN)CCOC(C)C2)C1. The molecule has 2 heterocycles. The van der Waals surface area contributed by atoms with Crippen LogP contribution in [0.15, 0.2) is 0 Å². The van der Waals surface area contributed by atoms with Crippen LogP contribution in [0.25, 0.3) is 0 Å². The molecule has 2 rings (SSSR count). The molecular weight excluding hydrogens is 204 g/mol. The maximum Gasteiger partial charge on any atom is 0.0710 e. The van der Waals surface area contributed by atoms with Crippen molar-refractivity contribution in [2.24, 2.45) is 5.73 Å². The van der Waals surface area contributed by atoms with Gasteiger partial charge >= 0.3 is 0 Å². The average Bonchev–Trinajstić information content (AvgIpc) is 2.78. The van der Waals surface area contributed by atoms with Crippen LogP contribution in [0.5, 0.6) is 0 Å². The Morgan fingerprint density at radius 2 is 2.38 bits per heavy atom. The van der Waals surface area contributed by atoms with Crippen LogP contribution in [0.2, 0.25) is 0 Å². The highest BCUT2D eigenvalue weighted by Crippen LogP contribution is 2.33. The van der Waals surface area contributed by atoms with Crippen LogP contribution in [0.4, 0.5) is 0 Å². The van der Waals surface area contributed by atoms with Gasteiger partial charge < -0.3 is 15.2 Å². The fraction of sp³-hybridized carbons (Fsp3) is 1.00. The van der Waals surface area contributed by atoms with E-state index in [1.54, 1.807) is 7.11 Å². The second-order valence-electron chi connectivity index (χ2n) is 5.16. The van der Waals surface area contributed by atoms with E-state index in [4.69, 9.17) is 15.2 Å². The summed E-state index contributed by atoms with van der Waals surface area (Å²) < 4.78 is 11.1. The molecule has 2 fully saturated rings. The third-order valence-electron chi connectivity index (χ3n) is 4.17. The van der Waals surface area contributed by atoms with E-state index >= 15 is 0 Å². The van der Waals surface area contributed by atoms with Crippen LogP contribution in [-0.4, -0.2) is 56.0 Å². The van der Waals surface area contributed by atoms with Gasteiger partial charge in [-0.2, -0.15) is 0 Å². The lowest BCUT2D eigenvalue weighted by Crippen LogP contribution is -2.57. The molecule has 2 aliphatic rings. The molecule has 0 bridgehead atoms. The van der Waals surface area contributed by atoms with Gasteiger partial charge in [-0.25, -0.2) is 0 Å². The highest BCUT2D eigenvalue weighted by molar-refractivity contribution is 4.98. The van der Waals surface area contributed by atoms with Gasteiger partial charge in [-0.3, -0.25) is 4.90 Å². The second-order valence-corrected chi connectivity index (χ2v) is 5.16. The lowest BCUT2D eigenvalue weighted by Gasteiger charge is -2.46. The minimum Gasteiger partial charge on any atom is -0.380 e. The Bertz CT molecular complexity index is 237. The van der Waals surface area contributed by atoms with Crippen molar-refractivity contribution < 1.29 is 9.47 Å². The average molecular weight is 228 g/mol. The van der Waals surface area contributed by atoms with Gasteiger partial charge in [0.1, 0.15) is 0 Å². The molecule has 16 heavy (non-hydrogen) atoms. The van der Waals surface area contributed by atoms with E-state index in [1.165, 1.54) is 0 Å². The van der Waals surface area contributed by atoms with Crippen LogP contribution in [0, 0.1) is 0 Å².